The fourth-order valence-electron chi connectivity index (χ4n) is 3.54. The summed E-state index contributed by atoms with van der Waals surface area (Å²) < 4.78 is 5.33. The zero-order valence-electron chi connectivity index (χ0n) is 16.4. The summed E-state index contributed by atoms with van der Waals surface area (Å²) in [6.45, 7) is 2.17. The minimum absolute atomic E-state index is 0.0602. The molecule has 1 aliphatic heterocycles. The molecule has 0 unspecified atom stereocenters. The average Bonchev–Trinajstić information content (AvgIpc) is 3.03. The fourth-order valence-corrected chi connectivity index (χ4v) is 3.54. The Kier molecular flexibility index (Phi) is 7.06. The molecule has 28 heavy (non-hydrogen) atoms. The van der Waals surface area contributed by atoms with E-state index in [1.54, 1.807) is 31.4 Å². The van der Waals surface area contributed by atoms with Crippen LogP contribution in [0.1, 0.15) is 52.0 Å². The fraction of sp³-hybridized carbons (Fsp3) is 0.391. The second-order valence-electron chi connectivity index (χ2n) is 7.10. The van der Waals surface area contributed by atoms with Gasteiger partial charge in [-0.15, -0.1) is 0 Å². The quantitative estimate of drug-likeness (QED) is 0.832. The van der Waals surface area contributed by atoms with Crippen LogP contribution in [0.3, 0.4) is 0 Å². The Morgan fingerprint density at radius 2 is 1.57 bits per heavy atom. The lowest BCUT2D eigenvalue weighted by Crippen LogP contribution is -2.32. The van der Waals surface area contributed by atoms with Crippen LogP contribution in [-0.2, 0) is 6.42 Å². The number of nitrogens with zero attached hydrogens (tertiary/aromatic N) is 1. The van der Waals surface area contributed by atoms with E-state index in [4.69, 9.17) is 4.74 Å². The van der Waals surface area contributed by atoms with Crippen LogP contribution in [0.2, 0.25) is 0 Å². The molecular weight excluding hydrogens is 352 g/mol. The van der Waals surface area contributed by atoms with Crippen LogP contribution in [0, 0.1) is 0 Å². The first-order valence-corrected chi connectivity index (χ1v) is 9.98. The first-order valence-electron chi connectivity index (χ1n) is 9.98. The number of nitrogens with one attached hydrogen (secondary N) is 1. The highest BCUT2D eigenvalue weighted by atomic mass is 16.5. The summed E-state index contributed by atoms with van der Waals surface area (Å²) in [6, 6.07) is 14.7. The third-order valence-corrected chi connectivity index (χ3v) is 5.16. The van der Waals surface area contributed by atoms with Crippen molar-refractivity contribution in [1.82, 2.24) is 10.2 Å². The van der Waals surface area contributed by atoms with Gasteiger partial charge < -0.3 is 15.0 Å². The van der Waals surface area contributed by atoms with Crippen LogP contribution in [0.15, 0.2) is 48.5 Å². The molecule has 2 aromatic rings. The molecule has 0 spiro atoms. The van der Waals surface area contributed by atoms with E-state index in [-0.39, 0.29) is 11.8 Å². The molecule has 2 amide bonds. The van der Waals surface area contributed by atoms with Gasteiger partial charge in [0, 0.05) is 30.8 Å². The molecule has 5 heteroatoms. The number of benzene rings is 2. The SMILES string of the molecule is COc1ccccc1CCNC(=O)c1ccc(C(=O)N2CCCCCC2)cc1. The molecule has 1 fully saturated rings. The second-order valence-corrected chi connectivity index (χ2v) is 7.10. The number of methoxy groups -OCH3 is 1. The van der Waals surface area contributed by atoms with Crippen LogP contribution in [0.4, 0.5) is 0 Å². The minimum Gasteiger partial charge on any atom is -0.496 e. The number of ether oxygens (including phenoxy) is 1. The van der Waals surface area contributed by atoms with Gasteiger partial charge in [-0.2, -0.15) is 0 Å². The molecule has 3 rings (SSSR count). The Labute approximate surface area is 166 Å². The van der Waals surface area contributed by atoms with E-state index in [2.05, 4.69) is 5.32 Å². The predicted molar refractivity (Wildman–Crippen MR) is 110 cm³/mol. The zero-order valence-corrected chi connectivity index (χ0v) is 16.4. The second kappa shape index (κ2) is 9.93. The molecule has 148 valence electrons. The van der Waals surface area contributed by atoms with Gasteiger partial charge in [-0.1, -0.05) is 31.0 Å². The van der Waals surface area contributed by atoms with Crippen LogP contribution in [-0.4, -0.2) is 43.5 Å². The van der Waals surface area contributed by atoms with E-state index >= 15 is 0 Å². The summed E-state index contributed by atoms with van der Waals surface area (Å²) in [4.78, 5) is 26.9. The van der Waals surface area contributed by atoms with Crippen LogP contribution in [0.5, 0.6) is 5.75 Å². The summed E-state index contributed by atoms with van der Waals surface area (Å²) in [6.07, 6.45) is 5.22. The van der Waals surface area contributed by atoms with Gasteiger partial charge in [0.25, 0.3) is 11.8 Å². The molecule has 1 N–H and O–H groups in total. The maximum Gasteiger partial charge on any atom is 0.253 e. The zero-order chi connectivity index (χ0) is 19.8. The van der Waals surface area contributed by atoms with Gasteiger partial charge in [0.05, 0.1) is 7.11 Å². The van der Waals surface area contributed by atoms with Crippen LogP contribution < -0.4 is 10.1 Å². The summed E-state index contributed by atoms with van der Waals surface area (Å²) in [5.74, 6) is 0.752. The van der Waals surface area contributed by atoms with Gasteiger partial charge in [-0.25, -0.2) is 0 Å². The lowest BCUT2D eigenvalue weighted by Gasteiger charge is -2.20. The summed E-state index contributed by atoms with van der Waals surface area (Å²) in [7, 11) is 1.64. The molecule has 0 aromatic heterocycles. The molecule has 5 nitrogen and oxygen atoms in total. The molecule has 0 bridgehead atoms. The molecule has 0 radical (unpaired) electrons. The van der Waals surface area contributed by atoms with Crippen molar-refractivity contribution >= 4 is 11.8 Å². The Morgan fingerprint density at radius 1 is 0.929 bits per heavy atom. The van der Waals surface area contributed by atoms with Crippen molar-refractivity contribution in [2.24, 2.45) is 0 Å². The Bertz CT molecular complexity index is 794. The monoisotopic (exact) mass is 380 g/mol. The maximum absolute atomic E-state index is 12.6. The maximum atomic E-state index is 12.6. The van der Waals surface area contributed by atoms with Crippen molar-refractivity contribution in [1.29, 1.82) is 0 Å². The highest BCUT2D eigenvalue weighted by Gasteiger charge is 2.17. The Balaban J connectivity index is 1.54. The molecule has 0 aliphatic carbocycles. The van der Waals surface area contributed by atoms with E-state index in [0.29, 0.717) is 24.1 Å². The van der Waals surface area contributed by atoms with E-state index in [9.17, 15) is 9.59 Å². The van der Waals surface area contributed by atoms with Gasteiger partial charge in [0.2, 0.25) is 0 Å². The third kappa shape index (κ3) is 5.12. The summed E-state index contributed by atoms with van der Waals surface area (Å²) in [5.41, 5.74) is 2.27. The van der Waals surface area contributed by atoms with Gasteiger partial charge in [-0.05, 0) is 55.2 Å². The Hall–Kier alpha value is -2.82. The smallest absolute Gasteiger partial charge is 0.253 e. The summed E-state index contributed by atoms with van der Waals surface area (Å²) >= 11 is 0. The van der Waals surface area contributed by atoms with Gasteiger partial charge in [-0.3, -0.25) is 9.59 Å². The molecule has 1 aliphatic rings. The van der Waals surface area contributed by atoms with Crippen molar-refractivity contribution in [2.45, 2.75) is 32.1 Å². The number of carbonyl (C=O) groups is 2. The van der Waals surface area contributed by atoms with Crippen LogP contribution in [0.25, 0.3) is 0 Å². The third-order valence-electron chi connectivity index (χ3n) is 5.16. The number of likely N-dealkylation sites (tertiary alicyclic amines) is 1. The van der Waals surface area contributed by atoms with Gasteiger partial charge >= 0.3 is 0 Å². The van der Waals surface area contributed by atoms with E-state index in [0.717, 1.165) is 37.2 Å². The highest BCUT2D eigenvalue weighted by molar-refractivity contribution is 5.97. The Morgan fingerprint density at radius 3 is 2.25 bits per heavy atom. The first kappa shape index (κ1) is 19.9. The molecule has 1 heterocycles. The van der Waals surface area contributed by atoms with Gasteiger partial charge in [0.15, 0.2) is 0 Å². The highest BCUT2D eigenvalue weighted by Crippen LogP contribution is 2.17. The largest absolute Gasteiger partial charge is 0.496 e. The van der Waals surface area contributed by atoms with Crippen molar-refractivity contribution in [3.05, 3.63) is 65.2 Å². The van der Waals surface area contributed by atoms with Gasteiger partial charge in [0.1, 0.15) is 5.75 Å². The molecule has 1 saturated heterocycles. The molecule has 0 atom stereocenters. The topological polar surface area (TPSA) is 58.6 Å². The van der Waals surface area contributed by atoms with Crippen molar-refractivity contribution in [3.8, 4) is 5.75 Å². The number of hydrogen-bond acceptors (Lipinski definition) is 3. The molecule has 2 aromatic carbocycles. The van der Waals surface area contributed by atoms with E-state index in [1.807, 2.05) is 29.2 Å². The standard InChI is InChI=1S/C23H28N2O3/c1-28-21-9-5-4-8-18(21)14-15-24-22(26)19-10-12-20(13-11-19)23(27)25-16-6-2-3-7-17-25/h4-5,8-13H,2-3,6-7,14-17H2,1H3,(H,24,26). The van der Waals surface area contributed by atoms with E-state index in [1.165, 1.54) is 12.8 Å². The number of carbonyl (C=O) groups excluding carboxylic acids is 2. The van der Waals surface area contributed by atoms with Crippen molar-refractivity contribution in [2.75, 3.05) is 26.7 Å². The normalized spacial score (nSPS) is 14.2. The number of amides is 2. The number of para-hydroxylation sites is 1. The first-order chi connectivity index (χ1) is 13.7. The number of rotatable bonds is 6. The lowest BCUT2D eigenvalue weighted by atomic mass is 10.1. The molecule has 0 saturated carbocycles. The van der Waals surface area contributed by atoms with Crippen molar-refractivity contribution in [3.63, 3.8) is 0 Å². The minimum atomic E-state index is -0.135. The lowest BCUT2D eigenvalue weighted by molar-refractivity contribution is 0.0761. The van der Waals surface area contributed by atoms with Crippen LogP contribution >= 0.6 is 0 Å². The summed E-state index contributed by atoms with van der Waals surface area (Å²) in [5, 5.41) is 2.93. The molecular formula is C23H28N2O3. The van der Waals surface area contributed by atoms with E-state index < -0.39 is 0 Å². The average molecular weight is 380 g/mol. The van der Waals surface area contributed by atoms with Crippen molar-refractivity contribution < 1.29 is 14.3 Å². The number of hydrogen-bond donors (Lipinski definition) is 1. The predicted octanol–water partition coefficient (Wildman–Crippen LogP) is 3.68.